The van der Waals surface area contributed by atoms with Gasteiger partial charge in [-0.3, -0.25) is 0 Å². The average molecular weight is 464 g/mol. The SMILES string of the molecule is CCCc1nc2c(C)cc(C(=O)O)cc2n1Cc1ccc(-c2ccccc2S(N)(=O)=O)cc1. The van der Waals surface area contributed by atoms with Crippen LogP contribution in [0.2, 0.25) is 0 Å². The molecule has 0 amide bonds. The number of fused-ring (bicyclic) bond motifs is 1. The van der Waals surface area contributed by atoms with Gasteiger partial charge in [-0.15, -0.1) is 0 Å². The van der Waals surface area contributed by atoms with Crippen molar-refractivity contribution in [1.82, 2.24) is 9.55 Å². The molecule has 0 saturated carbocycles. The Kier molecular flexibility index (Phi) is 6.05. The number of aromatic nitrogens is 2. The van der Waals surface area contributed by atoms with Crippen molar-refractivity contribution in [2.45, 2.75) is 38.1 Å². The topological polar surface area (TPSA) is 115 Å². The Labute approximate surface area is 192 Å². The molecule has 0 atom stereocenters. The van der Waals surface area contributed by atoms with E-state index in [-0.39, 0.29) is 10.5 Å². The first-order chi connectivity index (χ1) is 15.7. The lowest BCUT2D eigenvalue weighted by Crippen LogP contribution is -2.13. The maximum Gasteiger partial charge on any atom is 0.335 e. The van der Waals surface area contributed by atoms with Crippen molar-refractivity contribution in [3.8, 4) is 11.1 Å². The van der Waals surface area contributed by atoms with Gasteiger partial charge in [0.25, 0.3) is 0 Å². The molecule has 3 aromatic carbocycles. The normalized spacial score (nSPS) is 11.7. The van der Waals surface area contributed by atoms with Crippen molar-refractivity contribution in [2.24, 2.45) is 5.14 Å². The van der Waals surface area contributed by atoms with Gasteiger partial charge in [-0.25, -0.2) is 23.3 Å². The summed E-state index contributed by atoms with van der Waals surface area (Å²) in [6.45, 7) is 4.47. The van der Waals surface area contributed by atoms with Crippen LogP contribution in [0.3, 0.4) is 0 Å². The van der Waals surface area contributed by atoms with Crippen LogP contribution < -0.4 is 5.14 Å². The molecule has 1 heterocycles. The van der Waals surface area contributed by atoms with E-state index in [1.54, 1.807) is 30.3 Å². The number of benzene rings is 3. The zero-order valence-corrected chi connectivity index (χ0v) is 19.3. The number of carboxylic acid groups (broad SMARTS) is 1. The number of carbonyl (C=O) groups is 1. The van der Waals surface area contributed by atoms with Crippen molar-refractivity contribution >= 4 is 27.0 Å². The third-order valence-electron chi connectivity index (χ3n) is 5.64. The van der Waals surface area contributed by atoms with Crippen LogP contribution in [0.1, 0.15) is 40.7 Å². The van der Waals surface area contributed by atoms with E-state index in [1.165, 1.54) is 6.07 Å². The molecule has 0 fully saturated rings. The highest BCUT2D eigenvalue weighted by Gasteiger charge is 2.17. The minimum absolute atomic E-state index is 0.0836. The second-order valence-electron chi connectivity index (χ2n) is 8.07. The van der Waals surface area contributed by atoms with Crippen LogP contribution in [-0.2, 0) is 23.0 Å². The van der Waals surface area contributed by atoms with Crippen LogP contribution in [0.5, 0.6) is 0 Å². The summed E-state index contributed by atoms with van der Waals surface area (Å²) < 4.78 is 26.0. The molecular weight excluding hydrogens is 438 g/mol. The van der Waals surface area contributed by atoms with Gasteiger partial charge in [0, 0.05) is 18.5 Å². The van der Waals surface area contributed by atoms with E-state index in [2.05, 4.69) is 11.5 Å². The molecule has 4 aromatic rings. The maximum absolute atomic E-state index is 12.0. The number of aryl methyl sites for hydroxylation is 2. The number of hydrogen-bond acceptors (Lipinski definition) is 4. The van der Waals surface area contributed by atoms with Crippen LogP contribution in [0.15, 0.2) is 65.6 Å². The summed E-state index contributed by atoms with van der Waals surface area (Å²) >= 11 is 0. The second kappa shape index (κ2) is 8.80. The van der Waals surface area contributed by atoms with Crippen molar-refractivity contribution in [2.75, 3.05) is 0 Å². The summed E-state index contributed by atoms with van der Waals surface area (Å²) in [4.78, 5) is 16.5. The third kappa shape index (κ3) is 4.53. The van der Waals surface area contributed by atoms with Gasteiger partial charge in [-0.1, -0.05) is 49.4 Å². The number of aromatic carboxylic acids is 1. The van der Waals surface area contributed by atoms with Crippen molar-refractivity contribution in [3.05, 3.63) is 83.2 Å². The van der Waals surface area contributed by atoms with E-state index in [4.69, 9.17) is 10.1 Å². The Morgan fingerprint density at radius 3 is 2.42 bits per heavy atom. The first-order valence-electron chi connectivity index (χ1n) is 10.6. The van der Waals surface area contributed by atoms with Gasteiger partial charge >= 0.3 is 5.97 Å². The average Bonchev–Trinajstić information content (AvgIpc) is 3.12. The summed E-state index contributed by atoms with van der Waals surface area (Å²) in [5, 5.41) is 14.9. The number of imidazole rings is 1. The highest BCUT2D eigenvalue weighted by atomic mass is 32.2. The fourth-order valence-corrected chi connectivity index (χ4v) is 4.84. The Morgan fingerprint density at radius 1 is 1.09 bits per heavy atom. The van der Waals surface area contributed by atoms with Crippen LogP contribution in [0.4, 0.5) is 0 Å². The Hall–Kier alpha value is -3.49. The van der Waals surface area contributed by atoms with E-state index in [9.17, 15) is 18.3 Å². The lowest BCUT2D eigenvalue weighted by Gasteiger charge is -2.12. The number of hydrogen-bond donors (Lipinski definition) is 2. The van der Waals surface area contributed by atoms with Crippen LogP contribution in [-0.4, -0.2) is 29.0 Å². The lowest BCUT2D eigenvalue weighted by atomic mass is 10.0. The molecule has 7 nitrogen and oxygen atoms in total. The van der Waals surface area contributed by atoms with Crippen LogP contribution in [0.25, 0.3) is 22.2 Å². The lowest BCUT2D eigenvalue weighted by molar-refractivity contribution is 0.0697. The van der Waals surface area contributed by atoms with E-state index < -0.39 is 16.0 Å². The number of rotatable bonds is 7. The molecule has 0 aliphatic carbocycles. The fourth-order valence-electron chi connectivity index (χ4n) is 4.08. The molecular formula is C25H25N3O4S. The summed E-state index contributed by atoms with van der Waals surface area (Å²) in [6.07, 6.45) is 1.69. The highest BCUT2D eigenvalue weighted by molar-refractivity contribution is 7.89. The molecule has 8 heteroatoms. The summed E-state index contributed by atoms with van der Waals surface area (Å²) in [5.74, 6) is -0.0653. The van der Waals surface area contributed by atoms with Gasteiger partial charge in [0.15, 0.2) is 0 Å². The molecule has 4 rings (SSSR count). The largest absolute Gasteiger partial charge is 0.478 e. The fraction of sp³-hybridized carbons (Fsp3) is 0.200. The first kappa shape index (κ1) is 22.7. The van der Waals surface area contributed by atoms with Crippen molar-refractivity contribution in [3.63, 3.8) is 0 Å². The standard InChI is InChI=1S/C25H25N3O4S/c1-3-6-23-27-24-16(2)13-19(25(29)30)14-21(24)28(23)15-17-9-11-18(12-10-17)20-7-4-5-8-22(20)33(26,31)32/h4-5,7-14H,3,6,15H2,1-2H3,(H,29,30)(H2,26,31,32). The van der Waals surface area contributed by atoms with Crippen molar-refractivity contribution < 1.29 is 18.3 Å². The number of primary sulfonamides is 1. The van der Waals surface area contributed by atoms with Gasteiger partial charge in [0.1, 0.15) is 5.82 Å². The smallest absolute Gasteiger partial charge is 0.335 e. The van der Waals surface area contributed by atoms with E-state index in [0.717, 1.165) is 46.4 Å². The molecule has 0 unspecified atom stereocenters. The quantitative estimate of drug-likeness (QED) is 0.423. The van der Waals surface area contributed by atoms with E-state index in [0.29, 0.717) is 12.1 Å². The number of nitrogens with two attached hydrogens (primary N) is 1. The number of carboxylic acids is 1. The van der Waals surface area contributed by atoms with Gasteiger partial charge in [-0.2, -0.15) is 0 Å². The number of sulfonamides is 1. The molecule has 0 aliphatic heterocycles. The summed E-state index contributed by atoms with van der Waals surface area (Å²) in [5.41, 5.74) is 4.95. The Bertz CT molecular complexity index is 1460. The van der Waals surface area contributed by atoms with Gasteiger partial charge in [-0.05, 0) is 48.2 Å². The molecule has 33 heavy (non-hydrogen) atoms. The molecule has 0 radical (unpaired) electrons. The molecule has 0 aliphatic rings. The molecule has 1 aromatic heterocycles. The molecule has 170 valence electrons. The van der Waals surface area contributed by atoms with Crippen molar-refractivity contribution in [1.29, 1.82) is 0 Å². The predicted octanol–water partition coefficient (Wildman–Crippen LogP) is 4.36. The zero-order chi connectivity index (χ0) is 23.8. The molecule has 0 saturated heterocycles. The van der Waals surface area contributed by atoms with E-state index >= 15 is 0 Å². The highest BCUT2D eigenvalue weighted by Crippen LogP contribution is 2.28. The molecule has 0 spiro atoms. The minimum atomic E-state index is -3.84. The molecule has 3 N–H and O–H groups in total. The van der Waals surface area contributed by atoms with Gasteiger partial charge < -0.3 is 9.67 Å². The maximum atomic E-state index is 12.0. The predicted molar refractivity (Wildman–Crippen MR) is 128 cm³/mol. The summed E-state index contributed by atoms with van der Waals surface area (Å²) in [6, 6.07) is 17.6. The zero-order valence-electron chi connectivity index (χ0n) is 18.4. The number of nitrogens with zero attached hydrogens (tertiary/aromatic N) is 2. The Balaban J connectivity index is 1.75. The minimum Gasteiger partial charge on any atom is -0.478 e. The van der Waals surface area contributed by atoms with Crippen LogP contribution in [0, 0.1) is 6.92 Å². The Morgan fingerprint density at radius 2 is 1.79 bits per heavy atom. The third-order valence-corrected chi connectivity index (χ3v) is 6.61. The van der Waals surface area contributed by atoms with Gasteiger partial charge in [0.05, 0.1) is 21.5 Å². The monoisotopic (exact) mass is 463 g/mol. The first-order valence-corrected chi connectivity index (χ1v) is 12.2. The van der Waals surface area contributed by atoms with Gasteiger partial charge in [0.2, 0.25) is 10.0 Å². The second-order valence-corrected chi connectivity index (χ2v) is 9.60. The van der Waals surface area contributed by atoms with E-state index in [1.807, 2.05) is 31.2 Å². The summed E-state index contributed by atoms with van der Waals surface area (Å²) in [7, 11) is -3.84. The molecule has 0 bridgehead atoms. The van der Waals surface area contributed by atoms with Crippen LogP contribution >= 0.6 is 0 Å².